The van der Waals surface area contributed by atoms with Crippen molar-refractivity contribution in [3.63, 3.8) is 0 Å². The molecule has 0 aliphatic carbocycles. The third-order valence-corrected chi connectivity index (χ3v) is 6.11. The molecule has 1 fully saturated rings. The number of H-pyrrole nitrogens is 1. The van der Waals surface area contributed by atoms with Crippen LogP contribution < -0.4 is 4.72 Å². The first-order valence-electron chi connectivity index (χ1n) is 8.49. The zero-order chi connectivity index (χ0) is 18.0. The SMILES string of the molecule is CC(C)c1nc(CN2CCCC(c3[nH]ncc3NS(C)(=O)=O)C2)cs1. The second kappa shape index (κ2) is 7.43. The summed E-state index contributed by atoms with van der Waals surface area (Å²) in [5, 5.41) is 10.3. The van der Waals surface area contributed by atoms with Crippen LogP contribution >= 0.6 is 11.3 Å². The summed E-state index contributed by atoms with van der Waals surface area (Å²) in [4.78, 5) is 7.11. The molecule has 2 aromatic heterocycles. The predicted molar refractivity (Wildman–Crippen MR) is 101 cm³/mol. The number of thiazole rings is 1. The lowest BCUT2D eigenvalue weighted by atomic mass is 9.94. The fraction of sp³-hybridized carbons (Fsp3) is 0.625. The molecule has 25 heavy (non-hydrogen) atoms. The highest BCUT2D eigenvalue weighted by atomic mass is 32.2. The van der Waals surface area contributed by atoms with Crippen LogP contribution in [0.25, 0.3) is 0 Å². The van der Waals surface area contributed by atoms with Crippen molar-refractivity contribution in [3.8, 4) is 0 Å². The lowest BCUT2D eigenvalue weighted by molar-refractivity contribution is 0.197. The number of aromatic amines is 1. The number of hydrogen-bond donors (Lipinski definition) is 2. The van der Waals surface area contributed by atoms with Gasteiger partial charge in [-0.25, -0.2) is 13.4 Å². The Labute approximate surface area is 152 Å². The minimum atomic E-state index is -3.31. The average molecular weight is 384 g/mol. The van der Waals surface area contributed by atoms with Crippen molar-refractivity contribution < 1.29 is 8.42 Å². The number of likely N-dealkylation sites (tertiary alicyclic amines) is 1. The van der Waals surface area contributed by atoms with Crippen LogP contribution in [0, 0.1) is 0 Å². The quantitative estimate of drug-likeness (QED) is 0.800. The molecule has 2 aromatic rings. The van der Waals surface area contributed by atoms with Gasteiger partial charge in [0.1, 0.15) is 0 Å². The van der Waals surface area contributed by atoms with Crippen molar-refractivity contribution in [2.75, 3.05) is 24.1 Å². The number of piperidine rings is 1. The molecule has 1 unspecified atom stereocenters. The van der Waals surface area contributed by atoms with Crippen LogP contribution in [-0.4, -0.2) is 47.8 Å². The second-order valence-corrected chi connectivity index (χ2v) is 9.62. The molecule has 0 bridgehead atoms. The van der Waals surface area contributed by atoms with Gasteiger partial charge in [-0.1, -0.05) is 13.8 Å². The molecule has 1 atom stereocenters. The maximum atomic E-state index is 11.5. The number of rotatable bonds is 6. The third-order valence-electron chi connectivity index (χ3n) is 4.33. The molecule has 0 spiro atoms. The largest absolute Gasteiger partial charge is 0.297 e. The van der Waals surface area contributed by atoms with Crippen molar-refractivity contribution in [3.05, 3.63) is 28.0 Å². The highest BCUT2D eigenvalue weighted by molar-refractivity contribution is 7.92. The Morgan fingerprint density at radius 2 is 2.28 bits per heavy atom. The first kappa shape index (κ1) is 18.3. The van der Waals surface area contributed by atoms with Crippen molar-refractivity contribution in [2.24, 2.45) is 0 Å². The van der Waals surface area contributed by atoms with Gasteiger partial charge in [0, 0.05) is 30.3 Å². The van der Waals surface area contributed by atoms with E-state index in [0.717, 1.165) is 50.1 Å². The normalized spacial score (nSPS) is 19.4. The van der Waals surface area contributed by atoms with Crippen molar-refractivity contribution in [2.45, 2.75) is 45.1 Å². The molecule has 0 radical (unpaired) electrons. The van der Waals surface area contributed by atoms with E-state index in [1.807, 2.05) is 0 Å². The van der Waals surface area contributed by atoms with Gasteiger partial charge in [-0.05, 0) is 19.4 Å². The lowest BCUT2D eigenvalue weighted by Gasteiger charge is -2.32. The van der Waals surface area contributed by atoms with Crippen LogP contribution in [0.4, 0.5) is 5.69 Å². The van der Waals surface area contributed by atoms with Gasteiger partial charge < -0.3 is 0 Å². The molecule has 3 heterocycles. The monoisotopic (exact) mass is 383 g/mol. The first-order valence-corrected chi connectivity index (χ1v) is 11.3. The standard InChI is InChI=1S/C16H25N5O2S2/c1-11(2)16-18-13(10-24-16)9-21-6-4-5-12(8-21)15-14(7-17-19-15)20-25(3,22)23/h7,10-12,20H,4-6,8-9H2,1-3H3,(H,17,19). The lowest BCUT2D eigenvalue weighted by Crippen LogP contribution is -2.34. The van der Waals surface area contributed by atoms with Crippen LogP contribution in [0.1, 0.15) is 54.9 Å². The van der Waals surface area contributed by atoms with Gasteiger partial charge in [0.15, 0.2) is 0 Å². The summed E-state index contributed by atoms with van der Waals surface area (Å²) in [5.41, 5.74) is 2.55. The number of aromatic nitrogens is 3. The highest BCUT2D eigenvalue weighted by Crippen LogP contribution is 2.31. The van der Waals surface area contributed by atoms with Crippen molar-refractivity contribution >= 4 is 27.0 Å². The number of nitrogens with one attached hydrogen (secondary N) is 2. The number of sulfonamides is 1. The fourth-order valence-electron chi connectivity index (χ4n) is 3.21. The Morgan fingerprint density at radius 3 is 2.96 bits per heavy atom. The molecule has 138 valence electrons. The van der Waals surface area contributed by atoms with Gasteiger partial charge in [-0.15, -0.1) is 11.3 Å². The van der Waals surface area contributed by atoms with E-state index in [0.29, 0.717) is 11.6 Å². The topological polar surface area (TPSA) is 91.0 Å². The maximum absolute atomic E-state index is 11.5. The van der Waals surface area contributed by atoms with Crippen molar-refractivity contribution in [1.82, 2.24) is 20.1 Å². The first-order chi connectivity index (χ1) is 11.8. The average Bonchev–Trinajstić information content (AvgIpc) is 3.15. The Kier molecular flexibility index (Phi) is 5.45. The molecule has 3 rings (SSSR count). The van der Waals surface area contributed by atoms with Crippen LogP contribution in [0.2, 0.25) is 0 Å². The molecule has 0 saturated carbocycles. The summed E-state index contributed by atoms with van der Waals surface area (Å²) in [6.07, 6.45) is 4.80. The molecule has 1 saturated heterocycles. The zero-order valence-corrected chi connectivity index (χ0v) is 16.5. The summed E-state index contributed by atoms with van der Waals surface area (Å²) in [6.45, 7) is 7.06. The minimum absolute atomic E-state index is 0.240. The van der Waals surface area contributed by atoms with E-state index in [-0.39, 0.29) is 5.92 Å². The molecule has 7 nitrogen and oxygen atoms in total. The Bertz CT molecular complexity index is 812. The van der Waals surface area contributed by atoms with E-state index in [2.05, 4.69) is 39.0 Å². The molecule has 2 N–H and O–H groups in total. The Balaban J connectivity index is 1.68. The summed E-state index contributed by atoms with van der Waals surface area (Å²) >= 11 is 1.72. The molecular formula is C16H25N5O2S2. The zero-order valence-electron chi connectivity index (χ0n) is 14.8. The van der Waals surface area contributed by atoms with E-state index < -0.39 is 10.0 Å². The predicted octanol–water partition coefficient (Wildman–Crippen LogP) is 2.74. The molecule has 1 aliphatic rings. The van der Waals surface area contributed by atoms with Crippen LogP contribution in [0.3, 0.4) is 0 Å². The summed E-state index contributed by atoms with van der Waals surface area (Å²) in [5.74, 6) is 0.700. The van der Waals surface area contributed by atoms with Crippen LogP contribution in [-0.2, 0) is 16.6 Å². The van der Waals surface area contributed by atoms with Gasteiger partial charge in [0.05, 0.1) is 34.5 Å². The van der Waals surface area contributed by atoms with Gasteiger partial charge in [0.25, 0.3) is 0 Å². The third kappa shape index (κ3) is 4.80. The smallest absolute Gasteiger partial charge is 0.229 e. The minimum Gasteiger partial charge on any atom is -0.297 e. The number of anilines is 1. The fourth-order valence-corrected chi connectivity index (χ4v) is 4.60. The molecule has 9 heteroatoms. The van der Waals surface area contributed by atoms with Crippen LogP contribution in [0.15, 0.2) is 11.6 Å². The maximum Gasteiger partial charge on any atom is 0.229 e. The number of hydrogen-bond acceptors (Lipinski definition) is 6. The summed E-state index contributed by atoms with van der Waals surface area (Å²) < 4.78 is 25.6. The van der Waals surface area contributed by atoms with E-state index in [1.165, 1.54) is 5.01 Å². The summed E-state index contributed by atoms with van der Waals surface area (Å²) in [6, 6.07) is 0. The van der Waals surface area contributed by atoms with Crippen LogP contribution in [0.5, 0.6) is 0 Å². The van der Waals surface area contributed by atoms with E-state index >= 15 is 0 Å². The van der Waals surface area contributed by atoms with Gasteiger partial charge in [-0.3, -0.25) is 14.7 Å². The Hall–Kier alpha value is -1.45. The molecule has 0 amide bonds. The second-order valence-electron chi connectivity index (χ2n) is 6.98. The Morgan fingerprint density at radius 1 is 1.48 bits per heavy atom. The van der Waals surface area contributed by atoms with Gasteiger partial charge in [-0.2, -0.15) is 5.10 Å². The van der Waals surface area contributed by atoms with Crippen molar-refractivity contribution in [1.29, 1.82) is 0 Å². The molecular weight excluding hydrogens is 358 g/mol. The summed E-state index contributed by atoms with van der Waals surface area (Å²) in [7, 11) is -3.31. The highest BCUT2D eigenvalue weighted by Gasteiger charge is 2.26. The van der Waals surface area contributed by atoms with Gasteiger partial charge >= 0.3 is 0 Å². The van der Waals surface area contributed by atoms with E-state index in [9.17, 15) is 8.42 Å². The molecule has 0 aromatic carbocycles. The van der Waals surface area contributed by atoms with E-state index in [1.54, 1.807) is 17.5 Å². The van der Waals surface area contributed by atoms with Gasteiger partial charge in [0.2, 0.25) is 10.0 Å². The molecule has 1 aliphatic heterocycles. The van der Waals surface area contributed by atoms with E-state index in [4.69, 9.17) is 4.98 Å². The number of nitrogens with zero attached hydrogens (tertiary/aromatic N) is 3.